The Kier molecular flexibility index (Phi) is 9.35. The van der Waals surface area contributed by atoms with Gasteiger partial charge in [0.2, 0.25) is 0 Å². The first-order valence-corrected chi connectivity index (χ1v) is 5.66. The van der Waals surface area contributed by atoms with Gasteiger partial charge in [-0.05, 0) is 33.0 Å². The van der Waals surface area contributed by atoms with Gasteiger partial charge in [-0.25, -0.2) is 0 Å². The van der Waals surface area contributed by atoms with E-state index in [1.54, 1.807) is 7.11 Å². The summed E-state index contributed by atoms with van der Waals surface area (Å²) in [6.07, 6.45) is 2.45. The summed E-state index contributed by atoms with van der Waals surface area (Å²) in [4.78, 5) is 2.50. The van der Waals surface area contributed by atoms with Crippen LogP contribution < -0.4 is 5.32 Å². The molecule has 0 fully saturated rings. The fourth-order valence-electron chi connectivity index (χ4n) is 1.67. The molecule has 0 bridgehead atoms. The fraction of sp³-hybridized carbons (Fsp3) is 1.00. The van der Waals surface area contributed by atoms with Gasteiger partial charge in [0, 0.05) is 19.7 Å². The summed E-state index contributed by atoms with van der Waals surface area (Å²) in [7, 11) is 3.76. The third-order valence-corrected chi connectivity index (χ3v) is 2.33. The first-order chi connectivity index (χ1) is 6.78. The lowest BCUT2D eigenvalue weighted by molar-refractivity contribution is 0.141. The average Bonchev–Trinajstić information content (AvgIpc) is 2.18. The normalized spacial score (nSPS) is 13.5. The van der Waals surface area contributed by atoms with Crippen LogP contribution in [-0.4, -0.2) is 51.3 Å². The maximum Gasteiger partial charge on any atom is 0.0628 e. The van der Waals surface area contributed by atoms with Crippen molar-refractivity contribution in [3.8, 4) is 0 Å². The van der Waals surface area contributed by atoms with Crippen LogP contribution in [0.5, 0.6) is 0 Å². The second kappa shape index (κ2) is 9.44. The van der Waals surface area contributed by atoms with E-state index < -0.39 is 0 Å². The summed E-state index contributed by atoms with van der Waals surface area (Å²) in [5.41, 5.74) is 0. The summed E-state index contributed by atoms with van der Waals surface area (Å²) in [6.45, 7) is 8.72. The van der Waals surface area contributed by atoms with Gasteiger partial charge in [-0.15, -0.1) is 0 Å². The van der Waals surface area contributed by atoms with Crippen LogP contribution in [0, 0.1) is 0 Å². The molecule has 0 spiro atoms. The zero-order valence-electron chi connectivity index (χ0n) is 10.2. The molecule has 0 heterocycles. The van der Waals surface area contributed by atoms with Crippen molar-refractivity contribution in [3.63, 3.8) is 0 Å². The highest BCUT2D eigenvalue weighted by atomic mass is 16.5. The van der Waals surface area contributed by atoms with Crippen molar-refractivity contribution in [1.82, 2.24) is 10.2 Å². The molecular weight excluding hydrogens is 176 g/mol. The Labute approximate surface area is 88.8 Å². The van der Waals surface area contributed by atoms with E-state index >= 15 is 0 Å². The van der Waals surface area contributed by atoms with Crippen molar-refractivity contribution in [2.75, 3.05) is 40.4 Å². The van der Waals surface area contributed by atoms with Gasteiger partial charge < -0.3 is 15.0 Å². The Bertz CT molecular complexity index is 114. The van der Waals surface area contributed by atoms with Crippen molar-refractivity contribution in [2.24, 2.45) is 0 Å². The van der Waals surface area contributed by atoms with E-state index in [1.165, 1.54) is 25.9 Å². The van der Waals surface area contributed by atoms with Crippen molar-refractivity contribution < 1.29 is 4.74 Å². The van der Waals surface area contributed by atoms with E-state index in [9.17, 15) is 0 Å². The van der Waals surface area contributed by atoms with Crippen LogP contribution in [0.1, 0.15) is 26.7 Å². The van der Waals surface area contributed by atoms with Gasteiger partial charge in [0.1, 0.15) is 0 Å². The van der Waals surface area contributed by atoms with Crippen LogP contribution in [0.25, 0.3) is 0 Å². The minimum atomic E-state index is 0.457. The molecule has 0 aliphatic heterocycles. The highest BCUT2D eigenvalue weighted by Gasteiger charge is 2.10. The summed E-state index contributed by atoms with van der Waals surface area (Å²) < 4.78 is 5.16. The van der Waals surface area contributed by atoms with Gasteiger partial charge in [-0.2, -0.15) is 0 Å². The number of likely N-dealkylation sites (N-methyl/N-ethyl adjacent to an activating group) is 1. The van der Waals surface area contributed by atoms with Gasteiger partial charge in [0.15, 0.2) is 0 Å². The minimum absolute atomic E-state index is 0.457. The SMILES string of the molecule is CCCN(CCC)CC(COC)NC. The van der Waals surface area contributed by atoms with Crippen molar-refractivity contribution in [1.29, 1.82) is 0 Å². The molecule has 0 amide bonds. The largest absolute Gasteiger partial charge is 0.383 e. The Morgan fingerprint density at radius 2 is 1.79 bits per heavy atom. The number of hydrogen-bond acceptors (Lipinski definition) is 3. The predicted molar refractivity (Wildman–Crippen MR) is 61.7 cm³/mol. The van der Waals surface area contributed by atoms with Crippen LogP contribution in [-0.2, 0) is 4.74 Å². The monoisotopic (exact) mass is 202 g/mol. The number of nitrogens with one attached hydrogen (secondary N) is 1. The molecule has 14 heavy (non-hydrogen) atoms. The molecule has 3 nitrogen and oxygen atoms in total. The van der Waals surface area contributed by atoms with Gasteiger partial charge in [-0.1, -0.05) is 13.8 Å². The molecule has 0 aromatic carbocycles. The van der Waals surface area contributed by atoms with E-state index in [1.807, 2.05) is 7.05 Å². The lowest BCUT2D eigenvalue weighted by Gasteiger charge is -2.26. The third kappa shape index (κ3) is 6.35. The molecule has 3 heteroatoms. The van der Waals surface area contributed by atoms with Gasteiger partial charge in [-0.3, -0.25) is 0 Å². The Hall–Kier alpha value is -0.120. The molecule has 0 saturated heterocycles. The summed E-state index contributed by atoms with van der Waals surface area (Å²) in [5.74, 6) is 0. The van der Waals surface area contributed by atoms with Gasteiger partial charge in [0.25, 0.3) is 0 Å². The first-order valence-electron chi connectivity index (χ1n) is 5.66. The van der Waals surface area contributed by atoms with Crippen molar-refractivity contribution in [3.05, 3.63) is 0 Å². The topological polar surface area (TPSA) is 24.5 Å². The molecule has 1 unspecified atom stereocenters. The lowest BCUT2D eigenvalue weighted by atomic mass is 10.2. The second-order valence-corrected chi connectivity index (χ2v) is 3.74. The van der Waals surface area contributed by atoms with Crippen molar-refractivity contribution >= 4 is 0 Å². The maximum atomic E-state index is 5.16. The molecule has 0 aromatic rings. The lowest BCUT2D eigenvalue weighted by Crippen LogP contribution is -2.42. The van der Waals surface area contributed by atoms with E-state index in [2.05, 4.69) is 24.1 Å². The Morgan fingerprint density at radius 1 is 1.21 bits per heavy atom. The zero-order valence-corrected chi connectivity index (χ0v) is 10.2. The molecule has 0 rings (SSSR count). The molecule has 1 N–H and O–H groups in total. The second-order valence-electron chi connectivity index (χ2n) is 3.74. The average molecular weight is 202 g/mol. The number of hydrogen-bond donors (Lipinski definition) is 1. The number of methoxy groups -OCH3 is 1. The van der Waals surface area contributed by atoms with Crippen molar-refractivity contribution in [2.45, 2.75) is 32.7 Å². The third-order valence-electron chi connectivity index (χ3n) is 2.33. The van der Waals surface area contributed by atoms with Crippen LogP contribution in [0.2, 0.25) is 0 Å². The Balaban J connectivity index is 3.83. The quantitative estimate of drug-likeness (QED) is 0.611. The molecule has 1 atom stereocenters. The molecule has 86 valence electrons. The van der Waals surface area contributed by atoms with Crippen LogP contribution in [0.15, 0.2) is 0 Å². The maximum absolute atomic E-state index is 5.16. The Morgan fingerprint density at radius 3 is 2.14 bits per heavy atom. The number of rotatable bonds is 9. The zero-order chi connectivity index (χ0) is 10.8. The molecule has 0 radical (unpaired) electrons. The van der Waals surface area contributed by atoms with E-state index in [0.29, 0.717) is 6.04 Å². The van der Waals surface area contributed by atoms with Crippen LogP contribution in [0.4, 0.5) is 0 Å². The fourth-order valence-corrected chi connectivity index (χ4v) is 1.67. The molecular formula is C11H26N2O. The van der Waals surface area contributed by atoms with E-state index in [4.69, 9.17) is 4.74 Å². The highest BCUT2D eigenvalue weighted by molar-refractivity contribution is 4.69. The first kappa shape index (κ1) is 13.9. The molecule has 0 aromatic heterocycles. The predicted octanol–water partition coefficient (Wildman–Crippen LogP) is 1.34. The van der Waals surface area contributed by atoms with E-state index in [-0.39, 0.29) is 0 Å². The number of ether oxygens (including phenoxy) is 1. The standard InChI is InChI=1S/C11H26N2O/c1-5-7-13(8-6-2)9-11(12-3)10-14-4/h11-12H,5-10H2,1-4H3. The van der Waals surface area contributed by atoms with Gasteiger partial charge >= 0.3 is 0 Å². The molecule has 0 saturated carbocycles. The molecule has 0 aliphatic rings. The summed E-state index contributed by atoms with van der Waals surface area (Å²) >= 11 is 0. The van der Waals surface area contributed by atoms with Gasteiger partial charge in [0.05, 0.1) is 6.61 Å². The summed E-state index contributed by atoms with van der Waals surface area (Å²) in [6, 6.07) is 0.457. The van der Waals surface area contributed by atoms with Crippen LogP contribution in [0.3, 0.4) is 0 Å². The smallest absolute Gasteiger partial charge is 0.0628 e. The minimum Gasteiger partial charge on any atom is -0.383 e. The van der Waals surface area contributed by atoms with Crippen LogP contribution >= 0.6 is 0 Å². The summed E-state index contributed by atoms with van der Waals surface area (Å²) in [5, 5.41) is 3.28. The van der Waals surface area contributed by atoms with E-state index in [0.717, 1.165) is 13.2 Å². The highest BCUT2D eigenvalue weighted by Crippen LogP contribution is 1.97. The number of nitrogens with zero attached hydrogens (tertiary/aromatic N) is 1. The molecule has 0 aliphatic carbocycles.